The van der Waals surface area contributed by atoms with Gasteiger partial charge in [0.25, 0.3) is 0 Å². The fraction of sp³-hybridized carbons (Fsp3) is 0.786. The molecule has 3 N–H and O–H groups in total. The van der Waals surface area contributed by atoms with Gasteiger partial charge in [-0.3, -0.25) is 4.79 Å². The third-order valence-electron chi connectivity index (χ3n) is 3.93. The first kappa shape index (κ1) is 13.6. The predicted octanol–water partition coefficient (Wildman–Crippen LogP) is 0.880. The summed E-state index contributed by atoms with van der Waals surface area (Å²) < 4.78 is 0. The molecule has 1 aliphatic heterocycles. The van der Waals surface area contributed by atoms with Crippen LogP contribution in [0.5, 0.6) is 0 Å². The highest BCUT2D eigenvalue weighted by Gasteiger charge is 2.26. The first-order valence-electron chi connectivity index (χ1n) is 7.15. The number of carbonyl (C=O) groups excluding carboxylic acids is 1. The Morgan fingerprint density at radius 2 is 2.11 bits per heavy atom. The van der Waals surface area contributed by atoms with Crippen LogP contribution in [0.25, 0.3) is 0 Å². The Morgan fingerprint density at radius 1 is 1.39 bits per heavy atom. The minimum Gasteiger partial charge on any atom is -0.353 e. The molecule has 4 heteroatoms. The number of nitrogens with one attached hydrogen (secondary N) is 1. The summed E-state index contributed by atoms with van der Waals surface area (Å²) in [6.45, 7) is 5.61. The normalized spacial score (nSPS) is 29.7. The minimum absolute atomic E-state index is 0.00586. The molecule has 102 valence electrons. The van der Waals surface area contributed by atoms with Crippen LogP contribution in [0.3, 0.4) is 0 Å². The molecule has 1 heterocycles. The number of nitrogens with zero attached hydrogens (tertiary/aromatic N) is 1. The zero-order valence-electron chi connectivity index (χ0n) is 11.3. The maximum Gasteiger partial charge on any atom is 0.227 e. The van der Waals surface area contributed by atoms with Crippen molar-refractivity contribution >= 4 is 5.91 Å². The van der Waals surface area contributed by atoms with Crippen molar-refractivity contribution in [2.75, 3.05) is 19.6 Å². The van der Waals surface area contributed by atoms with Gasteiger partial charge < -0.3 is 16.0 Å². The van der Waals surface area contributed by atoms with Crippen LogP contribution in [0.1, 0.15) is 32.6 Å². The molecule has 0 bridgehead atoms. The number of piperidine rings is 1. The topological polar surface area (TPSA) is 58.4 Å². The molecule has 0 spiro atoms. The van der Waals surface area contributed by atoms with Gasteiger partial charge in [-0.1, -0.05) is 19.1 Å². The molecule has 2 atom stereocenters. The zero-order chi connectivity index (χ0) is 13.0. The van der Waals surface area contributed by atoms with Gasteiger partial charge in [0.05, 0.1) is 5.92 Å². The molecular formula is C14H25N3O. The van der Waals surface area contributed by atoms with E-state index in [4.69, 9.17) is 5.73 Å². The van der Waals surface area contributed by atoms with Crippen molar-refractivity contribution in [2.45, 2.75) is 44.7 Å². The Hall–Kier alpha value is -0.870. The summed E-state index contributed by atoms with van der Waals surface area (Å²) in [5, 5.41) is 3.17. The molecule has 0 aromatic carbocycles. The SMILES string of the molecule is CCCN1CCC(NC(=O)C2C=CC(N)C2)CC1. The number of carbonyl (C=O) groups is 1. The first-order chi connectivity index (χ1) is 8.69. The van der Waals surface area contributed by atoms with Crippen LogP contribution in [-0.2, 0) is 4.79 Å². The molecule has 0 aromatic heterocycles. The summed E-state index contributed by atoms with van der Waals surface area (Å²) in [5.74, 6) is 0.154. The van der Waals surface area contributed by atoms with Crippen LogP contribution >= 0.6 is 0 Å². The van der Waals surface area contributed by atoms with E-state index in [1.54, 1.807) is 0 Å². The average molecular weight is 251 g/mol. The molecule has 2 aliphatic rings. The van der Waals surface area contributed by atoms with Crippen molar-refractivity contribution in [3.63, 3.8) is 0 Å². The van der Waals surface area contributed by atoms with E-state index in [-0.39, 0.29) is 17.9 Å². The van der Waals surface area contributed by atoms with Gasteiger partial charge in [0.15, 0.2) is 0 Å². The van der Waals surface area contributed by atoms with Crippen molar-refractivity contribution < 1.29 is 4.79 Å². The Bertz CT molecular complexity index is 308. The molecule has 0 aromatic rings. The Morgan fingerprint density at radius 3 is 2.67 bits per heavy atom. The molecule has 1 amide bonds. The van der Waals surface area contributed by atoms with E-state index < -0.39 is 0 Å². The van der Waals surface area contributed by atoms with Gasteiger partial charge in [-0.05, 0) is 32.2 Å². The second-order valence-corrected chi connectivity index (χ2v) is 5.52. The molecule has 2 unspecified atom stereocenters. The quantitative estimate of drug-likeness (QED) is 0.729. The lowest BCUT2D eigenvalue weighted by molar-refractivity contribution is -0.124. The van der Waals surface area contributed by atoms with E-state index in [9.17, 15) is 4.79 Å². The van der Waals surface area contributed by atoms with Crippen molar-refractivity contribution in [1.82, 2.24) is 10.2 Å². The number of amides is 1. The molecule has 4 nitrogen and oxygen atoms in total. The first-order valence-corrected chi connectivity index (χ1v) is 7.15. The van der Waals surface area contributed by atoms with Crippen LogP contribution < -0.4 is 11.1 Å². The van der Waals surface area contributed by atoms with Crippen LogP contribution in [-0.4, -0.2) is 42.5 Å². The zero-order valence-corrected chi connectivity index (χ0v) is 11.3. The highest BCUT2D eigenvalue weighted by molar-refractivity contribution is 5.81. The number of rotatable bonds is 4. The molecule has 0 saturated carbocycles. The van der Waals surface area contributed by atoms with Gasteiger partial charge >= 0.3 is 0 Å². The average Bonchev–Trinajstić information content (AvgIpc) is 2.79. The molecule has 1 saturated heterocycles. The van der Waals surface area contributed by atoms with Gasteiger partial charge in [-0.25, -0.2) is 0 Å². The maximum absolute atomic E-state index is 12.0. The highest BCUT2D eigenvalue weighted by Crippen LogP contribution is 2.18. The number of nitrogens with two attached hydrogens (primary N) is 1. The van der Waals surface area contributed by atoms with Crippen LogP contribution in [0.15, 0.2) is 12.2 Å². The number of hydrogen-bond acceptors (Lipinski definition) is 3. The molecule has 2 rings (SSSR count). The summed E-state index contributed by atoms with van der Waals surface area (Å²) in [7, 11) is 0. The van der Waals surface area contributed by atoms with Crippen molar-refractivity contribution in [2.24, 2.45) is 11.7 Å². The van der Waals surface area contributed by atoms with E-state index in [0.717, 1.165) is 32.4 Å². The van der Waals surface area contributed by atoms with E-state index in [2.05, 4.69) is 17.1 Å². The lowest BCUT2D eigenvalue weighted by Gasteiger charge is -2.32. The second kappa shape index (κ2) is 6.34. The van der Waals surface area contributed by atoms with Gasteiger partial charge in [0.1, 0.15) is 0 Å². The van der Waals surface area contributed by atoms with Crippen molar-refractivity contribution in [1.29, 1.82) is 0 Å². The minimum atomic E-state index is -0.00586. The van der Waals surface area contributed by atoms with Gasteiger partial charge in [0.2, 0.25) is 5.91 Å². The molecule has 1 aliphatic carbocycles. The lowest BCUT2D eigenvalue weighted by Crippen LogP contribution is -2.46. The van der Waals surface area contributed by atoms with Crippen molar-refractivity contribution in [3.05, 3.63) is 12.2 Å². The summed E-state index contributed by atoms with van der Waals surface area (Å²) in [6.07, 6.45) is 8.02. The fourth-order valence-electron chi connectivity index (χ4n) is 2.85. The van der Waals surface area contributed by atoms with E-state index in [0.29, 0.717) is 6.04 Å². The van der Waals surface area contributed by atoms with E-state index in [1.165, 1.54) is 13.0 Å². The van der Waals surface area contributed by atoms with E-state index >= 15 is 0 Å². The number of hydrogen-bond donors (Lipinski definition) is 2. The molecular weight excluding hydrogens is 226 g/mol. The van der Waals surface area contributed by atoms with Crippen LogP contribution in [0.4, 0.5) is 0 Å². The molecule has 18 heavy (non-hydrogen) atoms. The predicted molar refractivity (Wildman–Crippen MR) is 73.1 cm³/mol. The Kier molecular flexibility index (Phi) is 4.78. The number of likely N-dealkylation sites (tertiary alicyclic amines) is 1. The lowest BCUT2D eigenvalue weighted by atomic mass is 10.0. The van der Waals surface area contributed by atoms with E-state index in [1.807, 2.05) is 12.2 Å². The largest absolute Gasteiger partial charge is 0.353 e. The fourth-order valence-corrected chi connectivity index (χ4v) is 2.85. The summed E-state index contributed by atoms with van der Waals surface area (Å²) in [5.41, 5.74) is 5.77. The summed E-state index contributed by atoms with van der Waals surface area (Å²) in [6, 6.07) is 0.419. The van der Waals surface area contributed by atoms with Crippen LogP contribution in [0.2, 0.25) is 0 Å². The maximum atomic E-state index is 12.0. The highest BCUT2D eigenvalue weighted by atomic mass is 16.1. The Balaban J connectivity index is 1.71. The van der Waals surface area contributed by atoms with Gasteiger partial charge in [-0.15, -0.1) is 0 Å². The third kappa shape index (κ3) is 3.56. The van der Waals surface area contributed by atoms with Crippen LogP contribution in [0, 0.1) is 5.92 Å². The standard InChI is InChI=1S/C14H25N3O/c1-2-7-17-8-5-13(6-9-17)16-14(18)11-3-4-12(15)10-11/h3-4,11-13H,2,5-10,15H2,1H3,(H,16,18). The summed E-state index contributed by atoms with van der Waals surface area (Å²) in [4.78, 5) is 14.5. The molecule has 1 fully saturated rings. The second-order valence-electron chi connectivity index (χ2n) is 5.52. The summed E-state index contributed by atoms with van der Waals surface area (Å²) >= 11 is 0. The smallest absolute Gasteiger partial charge is 0.227 e. The third-order valence-corrected chi connectivity index (χ3v) is 3.93. The van der Waals surface area contributed by atoms with Gasteiger partial charge in [0, 0.05) is 25.2 Å². The van der Waals surface area contributed by atoms with Crippen molar-refractivity contribution in [3.8, 4) is 0 Å². The Labute approximate surface area is 110 Å². The van der Waals surface area contributed by atoms with Gasteiger partial charge in [-0.2, -0.15) is 0 Å². The molecule has 0 radical (unpaired) electrons. The monoisotopic (exact) mass is 251 g/mol.